The van der Waals surface area contributed by atoms with Gasteiger partial charge in [0, 0.05) is 6.20 Å². The van der Waals surface area contributed by atoms with E-state index in [0.29, 0.717) is 23.5 Å². The van der Waals surface area contributed by atoms with Crippen LogP contribution in [0.3, 0.4) is 0 Å². The molecule has 3 rings (SSSR count). The molecule has 1 unspecified atom stereocenters. The largest absolute Gasteiger partial charge is 0.297 e. The minimum absolute atomic E-state index is 0.228. The van der Waals surface area contributed by atoms with Crippen molar-refractivity contribution in [2.75, 3.05) is 5.75 Å². The molecule has 5 nitrogen and oxygen atoms in total. The van der Waals surface area contributed by atoms with Crippen molar-refractivity contribution in [2.24, 2.45) is 0 Å². The highest BCUT2D eigenvalue weighted by Crippen LogP contribution is 2.32. The van der Waals surface area contributed by atoms with Crippen LogP contribution in [0.15, 0.2) is 24.4 Å². The summed E-state index contributed by atoms with van der Waals surface area (Å²) in [6, 6.07) is 5.19. The van der Waals surface area contributed by atoms with E-state index in [-0.39, 0.29) is 5.75 Å². The summed E-state index contributed by atoms with van der Waals surface area (Å²) >= 11 is 0. The number of hydrogen-bond donors (Lipinski definition) is 0. The van der Waals surface area contributed by atoms with Crippen LogP contribution in [0.2, 0.25) is 0 Å². The molecule has 1 saturated heterocycles. The average molecular weight is 278 g/mol. The zero-order valence-electron chi connectivity index (χ0n) is 10.3. The van der Waals surface area contributed by atoms with Crippen molar-refractivity contribution >= 4 is 21.8 Å². The second-order valence-electron chi connectivity index (χ2n) is 4.81. The summed E-state index contributed by atoms with van der Waals surface area (Å²) in [4.78, 5) is 15.3. The van der Waals surface area contributed by atoms with Gasteiger partial charge in [0.15, 0.2) is 16.1 Å². The number of aldehydes is 1. The van der Waals surface area contributed by atoms with Crippen molar-refractivity contribution in [3.63, 3.8) is 0 Å². The van der Waals surface area contributed by atoms with Crippen LogP contribution < -0.4 is 0 Å². The van der Waals surface area contributed by atoms with E-state index < -0.39 is 15.1 Å². The predicted molar refractivity (Wildman–Crippen MR) is 71.0 cm³/mol. The molecule has 6 heteroatoms. The SMILES string of the molecule is O=Cc1cccc2nc(C3CCCCS3(=O)=O)cn12. The molecular formula is C13H14N2O3S. The molecule has 0 N–H and O–H groups in total. The maximum Gasteiger partial charge on any atom is 0.166 e. The lowest BCUT2D eigenvalue weighted by Crippen LogP contribution is -2.21. The molecule has 19 heavy (non-hydrogen) atoms. The van der Waals surface area contributed by atoms with E-state index >= 15 is 0 Å². The van der Waals surface area contributed by atoms with Gasteiger partial charge >= 0.3 is 0 Å². The van der Waals surface area contributed by atoms with E-state index in [1.165, 1.54) is 0 Å². The van der Waals surface area contributed by atoms with Gasteiger partial charge in [-0.05, 0) is 25.0 Å². The maximum absolute atomic E-state index is 12.1. The standard InChI is InChI=1S/C13H14N2O3S/c16-9-10-4-3-6-13-14-11(8-15(10)13)12-5-1-2-7-19(12,17)18/h3-4,6,8-9,12H,1-2,5,7H2. The summed E-state index contributed by atoms with van der Waals surface area (Å²) in [5.74, 6) is 0.228. The summed E-state index contributed by atoms with van der Waals surface area (Å²) < 4.78 is 25.8. The molecule has 0 saturated carbocycles. The molecule has 0 amide bonds. The molecule has 0 radical (unpaired) electrons. The fourth-order valence-electron chi connectivity index (χ4n) is 2.59. The molecule has 0 spiro atoms. The number of rotatable bonds is 2. The summed E-state index contributed by atoms with van der Waals surface area (Å²) in [5.41, 5.74) is 1.64. The van der Waals surface area contributed by atoms with E-state index in [1.54, 1.807) is 28.8 Å². The lowest BCUT2D eigenvalue weighted by Gasteiger charge is -2.20. The molecule has 1 aliphatic heterocycles. The van der Waals surface area contributed by atoms with E-state index in [2.05, 4.69) is 4.98 Å². The number of nitrogens with zero attached hydrogens (tertiary/aromatic N) is 2. The molecular weight excluding hydrogens is 264 g/mol. The monoisotopic (exact) mass is 278 g/mol. The van der Waals surface area contributed by atoms with Gasteiger partial charge in [-0.15, -0.1) is 0 Å². The van der Waals surface area contributed by atoms with Gasteiger partial charge < -0.3 is 0 Å². The van der Waals surface area contributed by atoms with Crippen LogP contribution in [0.5, 0.6) is 0 Å². The Labute approximate surface area is 111 Å². The second kappa shape index (κ2) is 4.45. The summed E-state index contributed by atoms with van der Waals surface area (Å²) in [6.45, 7) is 0. The Kier molecular flexibility index (Phi) is 2.89. The van der Waals surface area contributed by atoms with Gasteiger partial charge in [-0.1, -0.05) is 12.5 Å². The van der Waals surface area contributed by atoms with Crippen LogP contribution >= 0.6 is 0 Å². The summed E-state index contributed by atoms with van der Waals surface area (Å²) in [6.07, 6.45) is 4.66. The molecule has 0 aromatic carbocycles. The Morgan fingerprint density at radius 1 is 1.32 bits per heavy atom. The Bertz CT molecular complexity index is 733. The van der Waals surface area contributed by atoms with Crippen molar-refractivity contribution in [2.45, 2.75) is 24.5 Å². The number of pyridine rings is 1. The third-order valence-corrected chi connectivity index (χ3v) is 5.77. The van der Waals surface area contributed by atoms with Crippen LogP contribution in [0.25, 0.3) is 5.65 Å². The number of carbonyl (C=O) groups is 1. The quantitative estimate of drug-likeness (QED) is 0.785. The molecule has 0 aliphatic carbocycles. The van der Waals surface area contributed by atoms with Crippen molar-refractivity contribution in [3.8, 4) is 0 Å². The van der Waals surface area contributed by atoms with Gasteiger partial charge in [-0.3, -0.25) is 9.20 Å². The van der Waals surface area contributed by atoms with E-state index in [9.17, 15) is 13.2 Å². The lowest BCUT2D eigenvalue weighted by molar-refractivity contribution is 0.111. The van der Waals surface area contributed by atoms with Crippen LogP contribution in [-0.2, 0) is 9.84 Å². The second-order valence-corrected chi connectivity index (χ2v) is 7.12. The minimum Gasteiger partial charge on any atom is -0.297 e. The Morgan fingerprint density at radius 2 is 2.16 bits per heavy atom. The first-order chi connectivity index (χ1) is 9.12. The molecule has 100 valence electrons. The smallest absolute Gasteiger partial charge is 0.166 e. The van der Waals surface area contributed by atoms with Gasteiger partial charge in [0.2, 0.25) is 0 Å². The summed E-state index contributed by atoms with van der Waals surface area (Å²) in [5, 5.41) is -0.527. The lowest BCUT2D eigenvalue weighted by atomic mass is 10.1. The van der Waals surface area contributed by atoms with Crippen LogP contribution in [0.4, 0.5) is 0 Å². The number of aromatic nitrogens is 2. The molecule has 3 heterocycles. The third-order valence-electron chi connectivity index (χ3n) is 3.57. The van der Waals surface area contributed by atoms with Gasteiger partial charge in [-0.2, -0.15) is 0 Å². The summed E-state index contributed by atoms with van der Waals surface area (Å²) in [7, 11) is -3.11. The van der Waals surface area contributed by atoms with Crippen LogP contribution in [-0.4, -0.2) is 29.8 Å². The maximum atomic E-state index is 12.1. The zero-order valence-corrected chi connectivity index (χ0v) is 11.1. The number of carbonyl (C=O) groups excluding carboxylic acids is 1. The first-order valence-corrected chi connectivity index (χ1v) is 7.98. The van der Waals surface area contributed by atoms with Gasteiger partial charge in [0.1, 0.15) is 10.9 Å². The first-order valence-electron chi connectivity index (χ1n) is 6.26. The number of imidazole rings is 1. The molecule has 2 aromatic heterocycles. The number of sulfone groups is 1. The first kappa shape index (κ1) is 12.3. The van der Waals surface area contributed by atoms with Gasteiger partial charge in [0.05, 0.1) is 17.1 Å². The van der Waals surface area contributed by atoms with Crippen molar-refractivity contribution in [1.82, 2.24) is 9.38 Å². The molecule has 1 atom stereocenters. The molecule has 0 bridgehead atoms. The Morgan fingerprint density at radius 3 is 2.89 bits per heavy atom. The van der Waals surface area contributed by atoms with Crippen LogP contribution in [0, 0.1) is 0 Å². The fraction of sp³-hybridized carbons (Fsp3) is 0.385. The molecule has 1 fully saturated rings. The molecule has 2 aromatic rings. The highest BCUT2D eigenvalue weighted by atomic mass is 32.2. The fourth-order valence-corrected chi connectivity index (χ4v) is 4.49. The highest BCUT2D eigenvalue weighted by molar-refractivity contribution is 7.91. The van der Waals surface area contributed by atoms with E-state index in [1.807, 2.05) is 0 Å². The normalized spacial score (nSPS) is 22.4. The van der Waals surface area contributed by atoms with E-state index in [0.717, 1.165) is 19.1 Å². The van der Waals surface area contributed by atoms with Crippen molar-refractivity contribution < 1.29 is 13.2 Å². The third kappa shape index (κ3) is 2.06. The topological polar surface area (TPSA) is 68.5 Å². The van der Waals surface area contributed by atoms with E-state index in [4.69, 9.17) is 0 Å². The zero-order chi connectivity index (χ0) is 13.5. The van der Waals surface area contributed by atoms with Gasteiger partial charge in [0.25, 0.3) is 0 Å². The average Bonchev–Trinajstić information content (AvgIpc) is 2.81. The highest BCUT2D eigenvalue weighted by Gasteiger charge is 2.32. The minimum atomic E-state index is -3.11. The van der Waals surface area contributed by atoms with Crippen molar-refractivity contribution in [1.29, 1.82) is 0 Å². The van der Waals surface area contributed by atoms with Crippen LogP contribution in [0.1, 0.15) is 40.7 Å². The predicted octanol–water partition coefficient (Wildman–Crippen LogP) is 1.79. The number of fused-ring (bicyclic) bond motifs is 1. The Hall–Kier alpha value is -1.69. The van der Waals surface area contributed by atoms with Crippen molar-refractivity contribution in [3.05, 3.63) is 35.8 Å². The molecule has 1 aliphatic rings. The number of hydrogen-bond acceptors (Lipinski definition) is 4. The Balaban J connectivity index is 2.13. The van der Waals surface area contributed by atoms with Gasteiger partial charge in [-0.25, -0.2) is 13.4 Å².